The summed E-state index contributed by atoms with van der Waals surface area (Å²) in [6.45, 7) is -0.0588. The molecule has 102 valence electrons. The molecule has 0 bridgehead atoms. The predicted octanol–water partition coefficient (Wildman–Crippen LogP) is 3.78. The van der Waals surface area contributed by atoms with E-state index in [0.717, 1.165) is 15.6 Å². The molecule has 1 amide bonds. The summed E-state index contributed by atoms with van der Waals surface area (Å²) in [7, 11) is 0. The Morgan fingerprint density at radius 2 is 2.11 bits per heavy atom. The second kappa shape index (κ2) is 5.38. The molecule has 0 radical (unpaired) electrons. The third kappa shape index (κ3) is 3.39. The predicted molar refractivity (Wildman–Crippen MR) is 69.6 cm³/mol. The molecule has 1 heterocycles. The Morgan fingerprint density at radius 1 is 1.37 bits per heavy atom. The van der Waals surface area contributed by atoms with Gasteiger partial charge in [-0.2, -0.15) is 13.2 Å². The average Bonchev–Trinajstić information content (AvgIpc) is 2.70. The monoisotopic (exact) mass is 307 g/mol. The second-order valence-electron chi connectivity index (χ2n) is 3.91. The molecule has 0 saturated carbocycles. The lowest BCUT2D eigenvalue weighted by molar-refractivity contribution is -0.173. The lowest BCUT2D eigenvalue weighted by Crippen LogP contribution is -2.37. The number of fused-ring (bicyclic) bond motifs is 1. The molecule has 1 N–H and O–H groups in total. The summed E-state index contributed by atoms with van der Waals surface area (Å²) < 4.78 is 37.0. The molecule has 0 aliphatic heterocycles. The van der Waals surface area contributed by atoms with E-state index < -0.39 is 12.1 Å². The van der Waals surface area contributed by atoms with Crippen molar-refractivity contribution in [2.45, 2.75) is 12.6 Å². The molecule has 0 atom stereocenters. The minimum absolute atomic E-state index is 0.0588. The number of halogens is 4. The van der Waals surface area contributed by atoms with E-state index in [9.17, 15) is 18.0 Å². The zero-order valence-electron chi connectivity index (χ0n) is 9.55. The molecule has 7 heteroatoms. The fourth-order valence-electron chi connectivity index (χ4n) is 1.66. The largest absolute Gasteiger partial charge is 0.471 e. The zero-order chi connectivity index (χ0) is 14.0. The van der Waals surface area contributed by atoms with Gasteiger partial charge in [0.15, 0.2) is 0 Å². The summed E-state index contributed by atoms with van der Waals surface area (Å²) >= 11 is 7.37. The molecule has 1 aromatic heterocycles. The van der Waals surface area contributed by atoms with Crippen molar-refractivity contribution in [3.05, 3.63) is 34.2 Å². The lowest BCUT2D eigenvalue weighted by Gasteiger charge is -2.07. The summed E-state index contributed by atoms with van der Waals surface area (Å²) in [5.74, 6) is -1.91. The molecule has 19 heavy (non-hydrogen) atoms. The molecule has 0 unspecified atom stereocenters. The Balaban J connectivity index is 2.03. The van der Waals surface area contributed by atoms with Crippen LogP contribution in [0.4, 0.5) is 13.2 Å². The molecule has 2 rings (SSSR count). The fraction of sp³-hybridized carbons (Fsp3) is 0.250. The highest BCUT2D eigenvalue weighted by molar-refractivity contribution is 7.17. The van der Waals surface area contributed by atoms with Crippen LogP contribution in [0.2, 0.25) is 5.02 Å². The van der Waals surface area contributed by atoms with Gasteiger partial charge < -0.3 is 5.32 Å². The van der Waals surface area contributed by atoms with Crippen LogP contribution in [0.3, 0.4) is 0 Å². The molecule has 2 aromatic rings. The van der Waals surface area contributed by atoms with Gasteiger partial charge in [0.1, 0.15) is 0 Å². The highest BCUT2D eigenvalue weighted by Gasteiger charge is 2.38. The lowest BCUT2D eigenvalue weighted by atomic mass is 10.1. The Labute approximate surface area is 116 Å². The highest BCUT2D eigenvalue weighted by atomic mass is 35.5. The number of carbonyl (C=O) groups excluding carboxylic acids is 1. The van der Waals surface area contributed by atoms with Crippen molar-refractivity contribution in [3.8, 4) is 0 Å². The van der Waals surface area contributed by atoms with Gasteiger partial charge in [-0.25, -0.2) is 0 Å². The van der Waals surface area contributed by atoms with E-state index in [1.807, 2.05) is 16.8 Å². The van der Waals surface area contributed by atoms with Gasteiger partial charge in [0.25, 0.3) is 0 Å². The summed E-state index contributed by atoms with van der Waals surface area (Å²) in [5.41, 5.74) is 0.880. The van der Waals surface area contributed by atoms with Gasteiger partial charge in [0, 0.05) is 16.3 Å². The summed E-state index contributed by atoms with van der Waals surface area (Å²) in [6, 6.07) is 5.39. The van der Waals surface area contributed by atoms with E-state index in [2.05, 4.69) is 0 Å². The number of hydrogen-bond donors (Lipinski definition) is 1. The first-order valence-electron chi connectivity index (χ1n) is 5.38. The average molecular weight is 308 g/mol. The Kier molecular flexibility index (Phi) is 4.01. The number of carbonyl (C=O) groups is 1. The number of amides is 1. The van der Waals surface area contributed by atoms with Crippen molar-refractivity contribution in [3.63, 3.8) is 0 Å². The Morgan fingerprint density at radius 3 is 2.79 bits per heavy atom. The first kappa shape index (κ1) is 14.1. The molecule has 0 fully saturated rings. The topological polar surface area (TPSA) is 29.1 Å². The maximum absolute atomic E-state index is 12.0. The Hall–Kier alpha value is -1.27. The van der Waals surface area contributed by atoms with Crippen molar-refractivity contribution >= 4 is 38.9 Å². The molecule has 0 spiro atoms. The quantitative estimate of drug-likeness (QED) is 0.918. The van der Waals surface area contributed by atoms with Crippen molar-refractivity contribution in [1.82, 2.24) is 5.32 Å². The van der Waals surface area contributed by atoms with E-state index in [1.165, 1.54) is 11.3 Å². The van der Waals surface area contributed by atoms with Crippen LogP contribution in [0.1, 0.15) is 5.56 Å². The normalized spacial score (nSPS) is 11.8. The number of nitrogens with one attached hydrogen (secondary N) is 1. The highest BCUT2D eigenvalue weighted by Crippen LogP contribution is 2.28. The molecule has 0 saturated heterocycles. The zero-order valence-corrected chi connectivity index (χ0v) is 11.1. The van der Waals surface area contributed by atoms with Crippen LogP contribution in [0.15, 0.2) is 23.6 Å². The summed E-state index contributed by atoms with van der Waals surface area (Å²) in [4.78, 5) is 10.7. The Bertz CT molecular complexity index is 609. The summed E-state index contributed by atoms with van der Waals surface area (Å²) in [6.07, 6.45) is -4.50. The van der Waals surface area contributed by atoms with Gasteiger partial charge in [-0.3, -0.25) is 4.79 Å². The van der Waals surface area contributed by atoms with Gasteiger partial charge >= 0.3 is 12.1 Å². The maximum atomic E-state index is 12.0. The third-order valence-electron chi connectivity index (χ3n) is 2.55. The van der Waals surface area contributed by atoms with Crippen LogP contribution in [0.25, 0.3) is 10.1 Å². The molecule has 1 aromatic carbocycles. The number of rotatable bonds is 3. The fourth-order valence-corrected chi connectivity index (χ4v) is 2.81. The number of hydrogen-bond acceptors (Lipinski definition) is 2. The number of alkyl halides is 3. The minimum Gasteiger partial charge on any atom is -0.348 e. The van der Waals surface area contributed by atoms with Crippen LogP contribution < -0.4 is 5.32 Å². The van der Waals surface area contributed by atoms with Gasteiger partial charge in [-0.15, -0.1) is 11.3 Å². The van der Waals surface area contributed by atoms with Crippen LogP contribution in [0.5, 0.6) is 0 Å². The molecular weight excluding hydrogens is 299 g/mol. The first-order valence-corrected chi connectivity index (χ1v) is 6.64. The van der Waals surface area contributed by atoms with Crippen LogP contribution in [0, 0.1) is 0 Å². The summed E-state index contributed by atoms with van der Waals surface area (Å²) in [5, 5.41) is 5.20. The van der Waals surface area contributed by atoms with Gasteiger partial charge in [0.05, 0.1) is 0 Å². The van der Waals surface area contributed by atoms with Gasteiger partial charge in [-0.05, 0) is 40.9 Å². The minimum atomic E-state index is -4.83. The standard InChI is InChI=1S/C12H9ClF3NOS/c13-8-1-2-10-9(5-8)7(6-19-10)3-4-17-11(18)12(14,15)16/h1-2,5-6H,3-4H2,(H,17,18). The molecule has 2 nitrogen and oxygen atoms in total. The second-order valence-corrected chi connectivity index (χ2v) is 5.25. The smallest absolute Gasteiger partial charge is 0.348 e. The first-order chi connectivity index (χ1) is 8.88. The van der Waals surface area contributed by atoms with Crippen molar-refractivity contribution < 1.29 is 18.0 Å². The van der Waals surface area contributed by atoms with E-state index in [1.54, 1.807) is 12.1 Å². The molecule has 0 aliphatic rings. The van der Waals surface area contributed by atoms with Gasteiger partial charge in [0.2, 0.25) is 0 Å². The molecule has 0 aliphatic carbocycles. The van der Waals surface area contributed by atoms with E-state index in [0.29, 0.717) is 11.4 Å². The van der Waals surface area contributed by atoms with E-state index >= 15 is 0 Å². The number of benzene rings is 1. The van der Waals surface area contributed by atoms with Crippen LogP contribution >= 0.6 is 22.9 Å². The van der Waals surface area contributed by atoms with E-state index in [-0.39, 0.29) is 6.54 Å². The maximum Gasteiger partial charge on any atom is 0.471 e. The van der Waals surface area contributed by atoms with Crippen molar-refractivity contribution in [2.24, 2.45) is 0 Å². The van der Waals surface area contributed by atoms with Crippen molar-refractivity contribution in [1.29, 1.82) is 0 Å². The number of thiophene rings is 1. The third-order valence-corrected chi connectivity index (χ3v) is 3.80. The van der Waals surface area contributed by atoms with Crippen molar-refractivity contribution in [2.75, 3.05) is 6.54 Å². The van der Waals surface area contributed by atoms with Crippen LogP contribution in [-0.2, 0) is 11.2 Å². The van der Waals surface area contributed by atoms with E-state index in [4.69, 9.17) is 11.6 Å². The van der Waals surface area contributed by atoms with Gasteiger partial charge in [-0.1, -0.05) is 11.6 Å². The van der Waals surface area contributed by atoms with Crippen LogP contribution in [-0.4, -0.2) is 18.6 Å². The SMILES string of the molecule is O=C(NCCc1csc2ccc(Cl)cc12)C(F)(F)F. The molecular formula is C12H9ClF3NOS.